The Kier molecular flexibility index (Phi) is 3.73. The molecule has 0 unspecified atom stereocenters. The highest BCUT2D eigenvalue weighted by Crippen LogP contribution is 2.29. The molecule has 0 aliphatic carbocycles. The number of aryl methyl sites for hydroxylation is 1. The topological polar surface area (TPSA) is 53.0 Å². The molecule has 0 bridgehead atoms. The standard InChI is InChI=1S/C12H11F3N2O2/c13-12(14,15)11-10(17(18)19-16-11)8-4-7-9-5-2-1-3-6-9/h1-3,5-6H,4,7-8H2. The summed E-state index contributed by atoms with van der Waals surface area (Å²) in [6.45, 7) is 0. The van der Waals surface area contributed by atoms with E-state index in [0.29, 0.717) is 12.8 Å². The Hall–Kier alpha value is -2.05. The van der Waals surface area contributed by atoms with Crippen LogP contribution in [0.1, 0.15) is 23.4 Å². The number of aromatic nitrogens is 2. The fourth-order valence-electron chi connectivity index (χ4n) is 1.80. The summed E-state index contributed by atoms with van der Waals surface area (Å²) in [6, 6.07) is 9.32. The first kappa shape index (κ1) is 13.4. The van der Waals surface area contributed by atoms with Crippen LogP contribution in [0.2, 0.25) is 0 Å². The second kappa shape index (κ2) is 5.29. The van der Waals surface area contributed by atoms with E-state index in [2.05, 4.69) is 9.79 Å². The maximum atomic E-state index is 12.5. The zero-order valence-electron chi connectivity index (χ0n) is 9.85. The van der Waals surface area contributed by atoms with Gasteiger partial charge in [-0.25, -0.2) is 0 Å². The van der Waals surface area contributed by atoms with E-state index in [9.17, 15) is 18.4 Å². The van der Waals surface area contributed by atoms with Crippen LogP contribution in [-0.4, -0.2) is 5.16 Å². The van der Waals surface area contributed by atoms with E-state index in [4.69, 9.17) is 0 Å². The highest BCUT2D eigenvalue weighted by atomic mass is 19.4. The van der Waals surface area contributed by atoms with Gasteiger partial charge in [0.1, 0.15) is 0 Å². The lowest BCUT2D eigenvalue weighted by atomic mass is 10.1. The molecule has 1 aromatic heterocycles. The summed E-state index contributed by atoms with van der Waals surface area (Å²) in [6.07, 6.45) is -3.70. The van der Waals surface area contributed by atoms with Crippen molar-refractivity contribution in [1.29, 1.82) is 0 Å². The van der Waals surface area contributed by atoms with E-state index in [1.807, 2.05) is 30.3 Å². The van der Waals surface area contributed by atoms with Crippen LogP contribution in [0.3, 0.4) is 0 Å². The minimum absolute atomic E-state index is 0.0310. The minimum Gasteiger partial charge on any atom is -0.359 e. The van der Waals surface area contributed by atoms with Crippen molar-refractivity contribution in [2.45, 2.75) is 25.4 Å². The molecule has 0 atom stereocenters. The van der Waals surface area contributed by atoms with Crippen molar-refractivity contribution in [2.24, 2.45) is 0 Å². The molecular weight excluding hydrogens is 261 g/mol. The summed E-state index contributed by atoms with van der Waals surface area (Å²) in [7, 11) is 0. The summed E-state index contributed by atoms with van der Waals surface area (Å²) in [5, 5.41) is 13.9. The van der Waals surface area contributed by atoms with Crippen molar-refractivity contribution in [3.8, 4) is 0 Å². The molecule has 0 amide bonds. The Morgan fingerprint density at radius 3 is 2.47 bits per heavy atom. The predicted octanol–water partition coefficient (Wildman–Crippen LogP) is 2.50. The maximum Gasteiger partial charge on any atom is 0.464 e. The maximum absolute atomic E-state index is 12.5. The van der Waals surface area contributed by atoms with Crippen LogP contribution in [0.5, 0.6) is 0 Å². The number of rotatable bonds is 4. The lowest BCUT2D eigenvalue weighted by Gasteiger charge is -2.02. The average molecular weight is 272 g/mol. The summed E-state index contributed by atoms with van der Waals surface area (Å²) >= 11 is 0. The van der Waals surface area contributed by atoms with Gasteiger partial charge >= 0.3 is 11.9 Å². The van der Waals surface area contributed by atoms with Crippen LogP contribution in [0.4, 0.5) is 13.2 Å². The van der Waals surface area contributed by atoms with Gasteiger partial charge in [0, 0.05) is 6.42 Å². The van der Waals surface area contributed by atoms with E-state index in [1.165, 1.54) is 0 Å². The van der Waals surface area contributed by atoms with Crippen molar-refractivity contribution in [1.82, 2.24) is 5.16 Å². The van der Waals surface area contributed by atoms with Gasteiger partial charge < -0.3 is 5.21 Å². The Morgan fingerprint density at radius 1 is 1.16 bits per heavy atom. The number of alkyl halides is 3. The molecule has 0 N–H and O–H groups in total. The molecule has 102 valence electrons. The molecule has 2 aromatic rings. The van der Waals surface area contributed by atoms with Gasteiger partial charge in [0.15, 0.2) is 0 Å². The smallest absolute Gasteiger partial charge is 0.359 e. The molecule has 0 saturated heterocycles. The third kappa shape index (κ3) is 3.24. The Labute approximate surface area is 107 Å². The van der Waals surface area contributed by atoms with Gasteiger partial charge in [0.25, 0.3) is 0 Å². The van der Waals surface area contributed by atoms with Crippen LogP contribution >= 0.6 is 0 Å². The molecule has 1 heterocycles. The summed E-state index contributed by atoms with van der Waals surface area (Å²) in [5.74, 6) is 0. The van der Waals surface area contributed by atoms with Crippen molar-refractivity contribution in [2.75, 3.05) is 0 Å². The predicted molar refractivity (Wildman–Crippen MR) is 58.9 cm³/mol. The third-order valence-corrected chi connectivity index (χ3v) is 2.69. The van der Waals surface area contributed by atoms with E-state index >= 15 is 0 Å². The zero-order valence-corrected chi connectivity index (χ0v) is 9.85. The van der Waals surface area contributed by atoms with Crippen LogP contribution in [-0.2, 0) is 19.0 Å². The highest BCUT2D eigenvalue weighted by Gasteiger charge is 2.44. The van der Waals surface area contributed by atoms with E-state index in [0.717, 1.165) is 5.56 Å². The quantitative estimate of drug-likeness (QED) is 0.803. The van der Waals surface area contributed by atoms with Gasteiger partial charge in [-0.3, -0.25) is 4.63 Å². The first-order valence-corrected chi connectivity index (χ1v) is 5.68. The minimum atomic E-state index is -4.67. The molecule has 19 heavy (non-hydrogen) atoms. The van der Waals surface area contributed by atoms with Crippen molar-refractivity contribution >= 4 is 0 Å². The van der Waals surface area contributed by atoms with Crippen molar-refractivity contribution < 1.29 is 22.7 Å². The van der Waals surface area contributed by atoms with Gasteiger partial charge in [-0.1, -0.05) is 30.3 Å². The molecule has 2 rings (SSSR count). The average Bonchev–Trinajstić information content (AvgIpc) is 2.72. The second-order valence-corrected chi connectivity index (χ2v) is 4.06. The van der Waals surface area contributed by atoms with Crippen LogP contribution in [0.15, 0.2) is 35.0 Å². The molecule has 1 aromatic carbocycles. The third-order valence-electron chi connectivity index (χ3n) is 2.69. The fraction of sp³-hybridized carbons (Fsp3) is 0.333. The number of halogens is 3. The number of benzene rings is 1. The van der Waals surface area contributed by atoms with Gasteiger partial charge in [0.05, 0.1) is 5.16 Å². The molecule has 0 radical (unpaired) electrons. The molecule has 7 heteroatoms. The second-order valence-electron chi connectivity index (χ2n) is 4.06. The van der Waals surface area contributed by atoms with Gasteiger partial charge in [-0.2, -0.15) is 13.2 Å². The lowest BCUT2D eigenvalue weighted by molar-refractivity contribution is -0.808. The molecule has 4 nitrogen and oxygen atoms in total. The van der Waals surface area contributed by atoms with Crippen molar-refractivity contribution in [3.63, 3.8) is 0 Å². The molecule has 0 fully saturated rings. The van der Waals surface area contributed by atoms with Crippen LogP contribution < -0.4 is 4.90 Å². The zero-order chi connectivity index (χ0) is 13.9. The Balaban J connectivity index is 2.02. The van der Waals surface area contributed by atoms with Gasteiger partial charge in [0.2, 0.25) is 5.69 Å². The summed E-state index contributed by atoms with van der Waals surface area (Å²) < 4.78 is 41.6. The van der Waals surface area contributed by atoms with Gasteiger partial charge in [-0.15, -0.1) is 0 Å². The van der Waals surface area contributed by atoms with Crippen LogP contribution in [0, 0.1) is 5.21 Å². The number of nitrogens with zero attached hydrogens (tertiary/aromatic N) is 2. The lowest BCUT2D eigenvalue weighted by Crippen LogP contribution is -2.29. The molecule has 0 aliphatic heterocycles. The first-order chi connectivity index (χ1) is 8.98. The van der Waals surface area contributed by atoms with Gasteiger partial charge in [-0.05, 0) is 23.3 Å². The molecule has 0 saturated carbocycles. The highest BCUT2D eigenvalue weighted by molar-refractivity contribution is 5.15. The number of hydrogen-bond donors (Lipinski definition) is 0. The SMILES string of the molecule is [O-][n+]1onc(C(F)(F)F)c1CCCc1ccccc1. The molecule has 0 spiro atoms. The summed E-state index contributed by atoms with van der Waals surface area (Å²) in [4.78, 5) is -0.173. The Morgan fingerprint density at radius 2 is 1.84 bits per heavy atom. The Bertz CT molecular complexity index is 538. The van der Waals surface area contributed by atoms with E-state index in [1.54, 1.807) is 0 Å². The largest absolute Gasteiger partial charge is 0.464 e. The number of hydrogen-bond acceptors (Lipinski definition) is 3. The molecule has 0 aliphatic rings. The van der Waals surface area contributed by atoms with Crippen LogP contribution in [0.25, 0.3) is 0 Å². The van der Waals surface area contributed by atoms with Crippen molar-refractivity contribution in [3.05, 3.63) is 52.5 Å². The monoisotopic (exact) mass is 272 g/mol. The first-order valence-electron chi connectivity index (χ1n) is 5.68. The normalized spacial score (nSPS) is 11.7. The molecular formula is C12H11F3N2O2. The fourth-order valence-corrected chi connectivity index (χ4v) is 1.80. The summed E-state index contributed by atoms with van der Waals surface area (Å²) in [5.41, 5.74) is -0.705. The van der Waals surface area contributed by atoms with E-state index in [-0.39, 0.29) is 11.3 Å². The van der Waals surface area contributed by atoms with E-state index < -0.39 is 17.6 Å².